The quantitative estimate of drug-likeness (QED) is 0.817. The predicted octanol–water partition coefficient (Wildman–Crippen LogP) is 0.807. The fraction of sp³-hybridized carbons (Fsp3) is 0.438. The lowest BCUT2D eigenvalue weighted by Crippen LogP contribution is -2.32. The average molecular weight is 315 g/mol. The van der Waals surface area contributed by atoms with E-state index in [0.717, 1.165) is 31.6 Å². The molecule has 1 fully saturated rings. The molecule has 7 heteroatoms. The van der Waals surface area contributed by atoms with Crippen molar-refractivity contribution >= 4 is 5.91 Å². The van der Waals surface area contributed by atoms with Gasteiger partial charge >= 0.3 is 0 Å². The molecule has 2 heterocycles. The van der Waals surface area contributed by atoms with E-state index in [1.54, 1.807) is 12.7 Å². The SMILES string of the molecule is NC(=O)COc1cccc(CN2CCC[C@@H]2Cn2cncn2)c1. The first-order valence-electron chi connectivity index (χ1n) is 7.77. The third-order valence-corrected chi connectivity index (χ3v) is 4.03. The zero-order chi connectivity index (χ0) is 16.1. The van der Waals surface area contributed by atoms with Crippen molar-refractivity contribution in [3.05, 3.63) is 42.5 Å². The molecule has 1 aliphatic heterocycles. The first-order chi connectivity index (χ1) is 11.2. The highest BCUT2D eigenvalue weighted by Gasteiger charge is 2.25. The summed E-state index contributed by atoms with van der Waals surface area (Å²) in [6.45, 7) is 2.69. The van der Waals surface area contributed by atoms with Crippen LogP contribution >= 0.6 is 0 Å². The van der Waals surface area contributed by atoms with Gasteiger partial charge in [0.1, 0.15) is 18.4 Å². The predicted molar refractivity (Wildman–Crippen MR) is 84.6 cm³/mol. The minimum Gasteiger partial charge on any atom is -0.484 e. The monoisotopic (exact) mass is 315 g/mol. The van der Waals surface area contributed by atoms with Crippen LogP contribution in [0.15, 0.2) is 36.9 Å². The van der Waals surface area contributed by atoms with E-state index in [9.17, 15) is 4.79 Å². The molecule has 1 aromatic heterocycles. The molecule has 7 nitrogen and oxygen atoms in total. The fourth-order valence-corrected chi connectivity index (χ4v) is 2.98. The molecule has 3 rings (SSSR count). The van der Waals surface area contributed by atoms with Crippen LogP contribution in [0.3, 0.4) is 0 Å². The lowest BCUT2D eigenvalue weighted by Gasteiger charge is -2.24. The topological polar surface area (TPSA) is 86.3 Å². The highest BCUT2D eigenvalue weighted by atomic mass is 16.5. The molecule has 1 aromatic carbocycles. The van der Waals surface area contributed by atoms with Gasteiger partial charge in [-0.15, -0.1) is 0 Å². The van der Waals surface area contributed by atoms with Crippen molar-refractivity contribution in [2.24, 2.45) is 5.73 Å². The maximum atomic E-state index is 10.8. The minimum atomic E-state index is -0.470. The summed E-state index contributed by atoms with van der Waals surface area (Å²) in [6.07, 6.45) is 5.68. The molecule has 1 saturated heterocycles. The van der Waals surface area contributed by atoms with Crippen molar-refractivity contribution in [2.45, 2.75) is 32.0 Å². The number of carbonyl (C=O) groups excluding carboxylic acids is 1. The van der Waals surface area contributed by atoms with Gasteiger partial charge in [0, 0.05) is 12.6 Å². The molecule has 0 spiro atoms. The molecule has 0 radical (unpaired) electrons. The molecule has 1 amide bonds. The molecule has 2 N–H and O–H groups in total. The van der Waals surface area contributed by atoms with Crippen molar-refractivity contribution < 1.29 is 9.53 Å². The minimum absolute atomic E-state index is 0.0951. The maximum Gasteiger partial charge on any atom is 0.255 e. The lowest BCUT2D eigenvalue weighted by atomic mass is 10.1. The van der Waals surface area contributed by atoms with Gasteiger partial charge in [0.05, 0.1) is 6.54 Å². The van der Waals surface area contributed by atoms with Gasteiger partial charge in [-0.05, 0) is 37.1 Å². The van der Waals surface area contributed by atoms with E-state index in [1.165, 1.54) is 6.42 Å². The third kappa shape index (κ3) is 4.29. The largest absolute Gasteiger partial charge is 0.484 e. The van der Waals surface area contributed by atoms with E-state index in [0.29, 0.717) is 11.8 Å². The number of hydrogen-bond acceptors (Lipinski definition) is 5. The number of ether oxygens (including phenoxy) is 1. The molecule has 2 aromatic rings. The summed E-state index contributed by atoms with van der Waals surface area (Å²) in [7, 11) is 0. The van der Waals surface area contributed by atoms with Gasteiger partial charge in [-0.3, -0.25) is 14.4 Å². The van der Waals surface area contributed by atoms with E-state index in [1.807, 2.05) is 22.9 Å². The first-order valence-corrected chi connectivity index (χ1v) is 7.77. The van der Waals surface area contributed by atoms with Crippen LogP contribution in [-0.2, 0) is 17.9 Å². The number of rotatable bonds is 7. The van der Waals surface area contributed by atoms with E-state index in [-0.39, 0.29) is 6.61 Å². The molecule has 1 atom stereocenters. The van der Waals surface area contributed by atoms with E-state index < -0.39 is 5.91 Å². The fourth-order valence-electron chi connectivity index (χ4n) is 2.98. The van der Waals surface area contributed by atoms with Gasteiger partial charge in [-0.25, -0.2) is 4.98 Å². The van der Waals surface area contributed by atoms with Crippen LogP contribution in [0.5, 0.6) is 5.75 Å². The van der Waals surface area contributed by atoms with E-state index in [4.69, 9.17) is 10.5 Å². The van der Waals surface area contributed by atoms with Crippen molar-refractivity contribution in [2.75, 3.05) is 13.2 Å². The summed E-state index contributed by atoms with van der Waals surface area (Å²) < 4.78 is 7.25. The Balaban J connectivity index is 1.61. The number of nitrogens with two attached hydrogens (primary N) is 1. The standard InChI is InChI=1S/C16H21N5O2/c17-16(22)10-23-15-5-1-3-13(7-15)8-20-6-2-4-14(20)9-21-12-18-11-19-21/h1,3,5,7,11-12,14H,2,4,6,8-10H2,(H2,17,22)/t14-/m1/s1. The molecule has 0 bridgehead atoms. The van der Waals surface area contributed by atoms with Crippen LogP contribution < -0.4 is 10.5 Å². The number of carbonyl (C=O) groups is 1. The van der Waals surface area contributed by atoms with Gasteiger partial charge in [-0.1, -0.05) is 12.1 Å². The summed E-state index contributed by atoms with van der Waals surface area (Å²) in [5.74, 6) is 0.205. The second-order valence-corrected chi connectivity index (χ2v) is 5.79. The number of aromatic nitrogens is 3. The van der Waals surface area contributed by atoms with Gasteiger partial charge in [0.25, 0.3) is 5.91 Å². The van der Waals surface area contributed by atoms with Gasteiger partial charge < -0.3 is 10.5 Å². The Labute approximate surface area is 135 Å². The molecule has 23 heavy (non-hydrogen) atoms. The second kappa shape index (κ2) is 7.23. The maximum absolute atomic E-state index is 10.8. The third-order valence-electron chi connectivity index (χ3n) is 4.03. The van der Waals surface area contributed by atoms with Crippen LogP contribution in [0.25, 0.3) is 0 Å². The molecule has 0 unspecified atom stereocenters. The smallest absolute Gasteiger partial charge is 0.255 e. The first kappa shape index (κ1) is 15.5. The number of nitrogens with zero attached hydrogens (tertiary/aromatic N) is 4. The van der Waals surface area contributed by atoms with Gasteiger partial charge in [0.2, 0.25) is 0 Å². The normalized spacial score (nSPS) is 18.2. The summed E-state index contributed by atoms with van der Waals surface area (Å²) in [5, 5.41) is 4.19. The summed E-state index contributed by atoms with van der Waals surface area (Å²) >= 11 is 0. The second-order valence-electron chi connectivity index (χ2n) is 5.79. The Morgan fingerprint density at radius 2 is 2.35 bits per heavy atom. The van der Waals surface area contributed by atoms with Gasteiger partial charge in [0.15, 0.2) is 6.61 Å². The molecule has 1 aliphatic rings. The number of primary amides is 1. The highest BCUT2D eigenvalue weighted by Crippen LogP contribution is 2.23. The average Bonchev–Trinajstić information content (AvgIpc) is 3.19. The lowest BCUT2D eigenvalue weighted by molar-refractivity contribution is -0.119. The van der Waals surface area contributed by atoms with Gasteiger partial charge in [-0.2, -0.15) is 5.10 Å². The van der Waals surface area contributed by atoms with Crippen molar-refractivity contribution in [1.29, 1.82) is 0 Å². The number of amides is 1. The zero-order valence-electron chi connectivity index (χ0n) is 13.0. The Morgan fingerprint density at radius 1 is 1.43 bits per heavy atom. The van der Waals surface area contributed by atoms with E-state index in [2.05, 4.69) is 21.0 Å². The van der Waals surface area contributed by atoms with Crippen LogP contribution in [0, 0.1) is 0 Å². The summed E-state index contributed by atoms with van der Waals surface area (Å²) in [6, 6.07) is 8.28. The molecular weight excluding hydrogens is 294 g/mol. The summed E-state index contributed by atoms with van der Waals surface area (Å²) in [5.41, 5.74) is 6.27. The molecule has 0 aliphatic carbocycles. The number of likely N-dealkylation sites (tertiary alicyclic amines) is 1. The van der Waals surface area contributed by atoms with Crippen molar-refractivity contribution in [3.63, 3.8) is 0 Å². The zero-order valence-corrected chi connectivity index (χ0v) is 13.0. The Kier molecular flexibility index (Phi) is 4.87. The van der Waals surface area contributed by atoms with Crippen LogP contribution in [0.2, 0.25) is 0 Å². The summed E-state index contributed by atoms with van der Waals surface area (Å²) in [4.78, 5) is 17.3. The Bertz CT molecular complexity index is 644. The molecule has 122 valence electrons. The highest BCUT2D eigenvalue weighted by molar-refractivity contribution is 5.75. The van der Waals surface area contributed by atoms with Crippen molar-refractivity contribution in [3.8, 4) is 5.75 Å². The van der Waals surface area contributed by atoms with Crippen LogP contribution in [0.4, 0.5) is 0 Å². The van der Waals surface area contributed by atoms with Crippen LogP contribution in [-0.4, -0.2) is 44.8 Å². The number of hydrogen-bond donors (Lipinski definition) is 1. The molecule has 0 saturated carbocycles. The van der Waals surface area contributed by atoms with E-state index >= 15 is 0 Å². The molecular formula is C16H21N5O2. The Hall–Kier alpha value is -2.41. The van der Waals surface area contributed by atoms with Crippen LogP contribution in [0.1, 0.15) is 18.4 Å². The Morgan fingerprint density at radius 3 is 3.13 bits per heavy atom. The number of benzene rings is 1. The van der Waals surface area contributed by atoms with Crippen molar-refractivity contribution in [1.82, 2.24) is 19.7 Å².